The molecule has 0 aromatic heterocycles. The van der Waals surface area contributed by atoms with E-state index in [-0.39, 0.29) is 0 Å². The highest BCUT2D eigenvalue weighted by molar-refractivity contribution is 7.99. The second kappa shape index (κ2) is 6.03. The zero-order valence-corrected chi connectivity index (χ0v) is 8.90. The van der Waals surface area contributed by atoms with Gasteiger partial charge in [-0.3, -0.25) is 4.79 Å². The van der Waals surface area contributed by atoms with Crippen LogP contribution < -0.4 is 0 Å². The van der Waals surface area contributed by atoms with Crippen molar-refractivity contribution in [2.45, 2.75) is 26.2 Å². The third-order valence-electron chi connectivity index (χ3n) is 1.95. The van der Waals surface area contributed by atoms with E-state index in [2.05, 4.69) is 6.92 Å². The summed E-state index contributed by atoms with van der Waals surface area (Å²) in [6.45, 7) is 2.16. The van der Waals surface area contributed by atoms with Crippen LogP contribution in [0.2, 0.25) is 0 Å². The lowest BCUT2D eigenvalue weighted by atomic mass is 10.1. The molecule has 0 aromatic rings. The van der Waals surface area contributed by atoms with Gasteiger partial charge in [0.05, 0.1) is 0 Å². The summed E-state index contributed by atoms with van der Waals surface area (Å²) in [6, 6.07) is 0. The van der Waals surface area contributed by atoms with Crippen LogP contribution in [0.5, 0.6) is 0 Å². The second-order valence-electron chi connectivity index (χ2n) is 3.11. The number of thioether (sulfide) groups is 1. The number of ketones is 1. The van der Waals surface area contributed by atoms with Crippen LogP contribution in [0.4, 0.5) is 0 Å². The van der Waals surface area contributed by atoms with Crippen molar-refractivity contribution in [1.29, 1.82) is 0 Å². The third-order valence-corrected chi connectivity index (χ3v) is 3.14. The molecule has 1 aliphatic carbocycles. The van der Waals surface area contributed by atoms with Crippen molar-refractivity contribution in [3.63, 3.8) is 0 Å². The normalized spacial score (nSPS) is 14.7. The number of hydrogen-bond donors (Lipinski definition) is 0. The molecule has 0 amide bonds. The molecule has 0 saturated carbocycles. The summed E-state index contributed by atoms with van der Waals surface area (Å²) >= 11 is 1.87. The molecule has 0 aliphatic heterocycles. The van der Waals surface area contributed by atoms with Gasteiger partial charge in [0.2, 0.25) is 0 Å². The van der Waals surface area contributed by atoms with E-state index in [4.69, 9.17) is 0 Å². The summed E-state index contributed by atoms with van der Waals surface area (Å²) < 4.78 is 0. The Balaban J connectivity index is 2.11. The highest BCUT2D eigenvalue weighted by Gasteiger charge is 2.09. The summed E-state index contributed by atoms with van der Waals surface area (Å²) in [5.41, 5.74) is 0.983. The maximum atomic E-state index is 11.5. The highest BCUT2D eigenvalue weighted by atomic mass is 32.2. The van der Waals surface area contributed by atoms with Gasteiger partial charge in [0.15, 0.2) is 5.78 Å². The fourth-order valence-electron chi connectivity index (χ4n) is 1.23. The van der Waals surface area contributed by atoms with Gasteiger partial charge < -0.3 is 0 Å². The smallest absolute Gasteiger partial charge is 0.159 e. The Morgan fingerprint density at radius 3 is 3.00 bits per heavy atom. The van der Waals surface area contributed by atoms with Crippen LogP contribution in [0.1, 0.15) is 26.2 Å². The van der Waals surface area contributed by atoms with Crippen molar-refractivity contribution >= 4 is 17.5 Å². The first-order valence-corrected chi connectivity index (χ1v) is 5.96. The SMILES string of the molecule is CCCSCCC(=O)C1=CC=CC1. The molecule has 13 heavy (non-hydrogen) atoms. The average molecular weight is 196 g/mol. The van der Waals surface area contributed by atoms with Gasteiger partial charge in [0, 0.05) is 12.2 Å². The van der Waals surface area contributed by atoms with Gasteiger partial charge in [-0.25, -0.2) is 0 Å². The van der Waals surface area contributed by atoms with E-state index < -0.39 is 0 Å². The largest absolute Gasteiger partial charge is 0.295 e. The number of Topliss-reactive ketones (excluding diaryl/α,β-unsaturated/α-hetero) is 1. The molecular formula is C11H16OS. The molecule has 0 N–H and O–H groups in total. The minimum Gasteiger partial charge on any atom is -0.295 e. The standard InChI is InChI=1S/C11H16OS/c1-2-8-13-9-7-11(12)10-5-3-4-6-10/h3-5H,2,6-9H2,1H3. The van der Waals surface area contributed by atoms with Gasteiger partial charge in [0.1, 0.15) is 0 Å². The van der Waals surface area contributed by atoms with Crippen LogP contribution in [-0.2, 0) is 4.79 Å². The van der Waals surface area contributed by atoms with Gasteiger partial charge in [0.25, 0.3) is 0 Å². The Morgan fingerprint density at radius 2 is 2.38 bits per heavy atom. The summed E-state index contributed by atoms with van der Waals surface area (Å²) in [5, 5.41) is 0. The molecule has 0 fully saturated rings. The number of allylic oxidation sites excluding steroid dienone is 4. The monoisotopic (exact) mass is 196 g/mol. The van der Waals surface area contributed by atoms with Crippen LogP contribution in [-0.4, -0.2) is 17.3 Å². The quantitative estimate of drug-likeness (QED) is 0.607. The van der Waals surface area contributed by atoms with E-state index >= 15 is 0 Å². The topological polar surface area (TPSA) is 17.1 Å². The molecule has 2 heteroatoms. The van der Waals surface area contributed by atoms with Crippen LogP contribution >= 0.6 is 11.8 Å². The Kier molecular flexibility index (Phi) is 4.91. The lowest BCUT2D eigenvalue weighted by molar-refractivity contribution is -0.115. The second-order valence-corrected chi connectivity index (χ2v) is 4.33. The van der Waals surface area contributed by atoms with Gasteiger partial charge in [-0.05, 0) is 24.2 Å². The van der Waals surface area contributed by atoms with Crippen molar-refractivity contribution in [1.82, 2.24) is 0 Å². The van der Waals surface area contributed by atoms with E-state index in [1.165, 1.54) is 12.2 Å². The number of carbonyl (C=O) groups is 1. The Morgan fingerprint density at radius 1 is 1.54 bits per heavy atom. The molecule has 0 unspecified atom stereocenters. The Labute approximate surface area is 84.3 Å². The number of carbonyl (C=O) groups excluding carboxylic acids is 1. The maximum absolute atomic E-state index is 11.5. The molecule has 72 valence electrons. The zero-order valence-electron chi connectivity index (χ0n) is 8.08. The fourth-order valence-corrected chi connectivity index (χ4v) is 2.05. The summed E-state index contributed by atoms with van der Waals surface area (Å²) in [5.74, 6) is 2.47. The van der Waals surface area contributed by atoms with Gasteiger partial charge in [-0.1, -0.05) is 25.2 Å². The minimum absolute atomic E-state index is 0.327. The molecule has 1 aliphatic rings. The van der Waals surface area contributed by atoms with Crippen molar-refractivity contribution in [2.24, 2.45) is 0 Å². The van der Waals surface area contributed by atoms with E-state index in [0.717, 1.165) is 17.7 Å². The van der Waals surface area contributed by atoms with Gasteiger partial charge >= 0.3 is 0 Å². The molecule has 1 nitrogen and oxygen atoms in total. The van der Waals surface area contributed by atoms with Crippen molar-refractivity contribution in [3.8, 4) is 0 Å². The van der Waals surface area contributed by atoms with Crippen LogP contribution in [0.25, 0.3) is 0 Å². The van der Waals surface area contributed by atoms with E-state index in [0.29, 0.717) is 12.2 Å². The first-order valence-electron chi connectivity index (χ1n) is 4.81. The summed E-state index contributed by atoms with van der Waals surface area (Å²) in [6.07, 6.45) is 8.68. The molecule has 0 bridgehead atoms. The molecule has 1 rings (SSSR count). The van der Waals surface area contributed by atoms with Crippen LogP contribution in [0.15, 0.2) is 23.8 Å². The van der Waals surface area contributed by atoms with E-state index in [9.17, 15) is 4.79 Å². The highest BCUT2D eigenvalue weighted by Crippen LogP contribution is 2.14. The van der Waals surface area contributed by atoms with Crippen molar-refractivity contribution in [3.05, 3.63) is 23.8 Å². The van der Waals surface area contributed by atoms with Gasteiger partial charge in [-0.15, -0.1) is 0 Å². The molecule has 0 aromatic carbocycles. The molecule has 0 heterocycles. The molecule has 0 spiro atoms. The lowest BCUT2D eigenvalue weighted by Crippen LogP contribution is -2.02. The molecular weight excluding hydrogens is 180 g/mol. The van der Waals surface area contributed by atoms with E-state index in [1.54, 1.807) is 0 Å². The number of rotatable bonds is 6. The fraction of sp³-hybridized carbons (Fsp3) is 0.545. The molecule has 0 radical (unpaired) electrons. The third kappa shape index (κ3) is 3.81. The summed E-state index contributed by atoms with van der Waals surface area (Å²) in [4.78, 5) is 11.5. The van der Waals surface area contributed by atoms with E-state index in [1.807, 2.05) is 30.0 Å². The van der Waals surface area contributed by atoms with Crippen LogP contribution in [0, 0.1) is 0 Å². The zero-order chi connectivity index (χ0) is 9.52. The Hall–Kier alpha value is -0.500. The predicted molar refractivity (Wildman–Crippen MR) is 59.1 cm³/mol. The Bertz CT molecular complexity index is 228. The molecule has 0 saturated heterocycles. The van der Waals surface area contributed by atoms with Gasteiger partial charge in [-0.2, -0.15) is 11.8 Å². The average Bonchev–Trinajstić information content (AvgIpc) is 2.65. The molecule has 0 atom stereocenters. The first kappa shape index (κ1) is 10.6. The maximum Gasteiger partial charge on any atom is 0.159 e. The first-order chi connectivity index (χ1) is 6.34. The van der Waals surface area contributed by atoms with Crippen LogP contribution in [0.3, 0.4) is 0 Å². The lowest BCUT2D eigenvalue weighted by Gasteiger charge is -2.00. The van der Waals surface area contributed by atoms with Crippen molar-refractivity contribution in [2.75, 3.05) is 11.5 Å². The van der Waals surface area contributed by atoms with Crippen molar-refractivity contribution < 1.29 is 4.79 Å². The predicted octanol–water partition coefficient (Wildman–Crippen LogP) is 2.98. The minimum atomic E-state index is 0.327. The number of hydrogen-bond acceptors (Lipinski definition) is 2. The summed E-state index contributed by atoms with van der Waals surface area (Å²) in [7, 11) is 0.